The number of nitrogens with one attached hydrogen (secondary N) is 1. The molecule has 0 spiro atoms. The van der Waals surface area contributed by atoms with Gasteiger partial charge in [-0.3, -0.25) is 4.79 Å². The van der Waals surface area contributed by atoms with E-state index in [1.54, 1.807) is 26.4 Å². The van der Waals surface area contributed by atoms with Crippen molar-refractivity contribution in [1.29, 1.82) is 0 Å². The molecule has 160 valence electrons. The van der Waals surface area contributed by atoms with E-state index >= 15 is 0 Å². The second-order valence-electron chi connectivity index (χ2n) is 6.76. The number of hydrogen-bond donors (Lipinski definition) is 1. The quantitative estimate of drug-likeness (QED) is 0.590. The summed E-state index contributed by atoms with van der Waals surface area (Å²) in [7, 11) is 1.60. The second kappa shape index (κ2) is 9.45. The molecule has 0 aliphatic carbocycles. The van der Waals surface area contributed by atoms with Crippen LogP contribution < -0.4 is 10.2 Å². The highest BCUT2D eigenvalue weighted by Gasteiger charge is 2.56. The molecule has 0 saturated carbocycles. The number of ether oxygens (including phenoxy) is 2. The number of halogens is 4. The molecule has 2 heterocycles. The van der Waals surface area contributed by atoms with Crippen LogP contribution in [0.1, 0.15) is 37.3 Å². The van der Waals surface area contributed by atoms with E-state index in [1.165, 1.54) is 17.8 Å². The average molecular weight is 450 g/mol. The van der Waals surface area contributed by atoms with E-state index in [-0.39, 0.29) is 18.3 Å². The molecule has 0 bridgehead atoms. The lowest BCUT2D eigenvalue weighted by Gasteiger charge is -2.27. The monoisotopic (exact) mass is 449 g/mol. The van der Waals surface area contributed by atoms with Crippen LogP contribution >= 0.6 is 23.4 Å². The lowest BCUT2D eigenvalue weighted by Crippen LogP contribution is -2.41. The van der Waals surface area contributed by atoms with Crippen molar-refractivity contribution >= 4 is 23.4 Å². The van der Waals surface area contributed by atoms with E-state index in [2.05, 4.69) is 4.98 Å². The Kier molecular flexibility index (Phi) is 7.70. The van der Waals surface area contributed by atoms with Crippen molar-refractivity contribution in [2.24, 2.45) is 0 Å². The first-order valence-electron chi connectivity index (χ1n) is 8.83. The highest BCUT2D eigenvalue weighted by Crippen LogP contribution is 2.47. The Morgan fingerprint density at radius 1 is 1.34 bits per heavy atom. The SMILES string of the molecule is COc1ccccc1Cl.CSc1c(C)[nH]c(C2CC[C@](C)(C(F)(F)F)O2)cc1=O. The van der Waals surface area contributed by atoms with Gasteiger partial charge in [-0.2, -0.15) is 13.2 Å². The summed E-state index contributed by atoms with van der Waals surface area (Å²) in [5.74, 6) is 0.721. The molecule has 1 unspecified atom stereocenters. The van der Waals surface area contributed by atoms with Crippen molar-refractivity contribution in [3.05, 3.63) is 57.0 Å². The number of aryl methyl sites for hydroxylation is 1. The largest absolute Gasteiger partial charge is 0.495 e. The Hall–Kier alpha value is -1.64. The number of pyridine rings is 1. The number of H-pyrrole nitrogens is 1. The molecule has 1 aromatic carbocycles. The van der Waals surface area contributed by atoms with E-state index < -0.39 is 17.9 Å². The molecule has 1 saturated heterocycles. The van der Waals surface area contributed by atoms with Gasteiger partial charge in [-0.1, -0.05) is 23.7 Å². The van der Waals surface area contributed by atoms with Gasteiger partial charge in [-0.15, -0.1) is 11.8 Å². The topological polar surface area (TPSA) is 51.3 Å². The molecular weight excluding hydrogens is 427 g/mol. The van der Waals surface area contributed by atoms with Gasteiger partial charge in [0, 0.05) is 17.5 Å². The van der Waals surface area contributed by atoms with Crippen molar-refractivity contribution in [3.8, 4) is 5.75 Å². The zero-order valence-corrected chi connectivity index (χ0v) is 18.1. The van der Waals surface area contributed by atoms with Crippen molar-refractivity contribution < 1.29 is 22.6 Å². The predicted octanol–water partition coefficient (Wildman–Crippen LogP) is 5.93. The van der Waals surface area contributed by atoms with Crippen molar-refractivity contribution in [2.75, 3.05) is 13.4 Å². The molecule has 2 aromatic rings. The van der Waals surface area contributed by atoms with Crippen LogP contribution in [0.5, 0.6) is 5.75 Å². The summed E-state index contributed by atoms with van der Waals surface area (Å²) in [6.45, 7) is 2.78. The predicted molar refractivity (Wildman–Crippen MR) is 109 cm³/mol. The first-order valence-corrected chi connectivity index (χ1v) is 10.4. The van der Waals surface area contributed by atoms with Crippen molar-refractivity contribution in [1.82, 2.24) is 4.98 Å². The molecule has 9 heteroatoms. The van der Waals surface area contributed by atoms with Crippen LogP contribution in [0, 0.1) is 6.92 Å². The lowest BCUT2D eigenvalue weighted by molar-refractivity contribution is -0.265. The molecule has 2 atom stereocenters. The Balaban J connectivity index is 0.000000278. The summed E-state index contributed by atoms with van der Waals surface area (Å²) in [5, 5.41) is 0.653. The minimum Gasteiger partial charge on any atom is -0.495 e. The zero-order valence-electron chi connectivity index (χ0n) is 16.5. The number of aromatic amines is 1. The zero-order chi connectivity index (χ0) is 21.8. The number of methoxy groups -OCH3 is 1. The third kappa shape index (κ3) is 5.49. The van der Waals surface area contributed by atoms with Crippen LogP contribution in [0.15, 0.2) is 40.0 Å². The summed E-state index contributed by atoms with van der Waals surface area (Å²) in [6.07, 6.45) is -3.21. The van der Waals surface area contributed by atoms with E-state index in [9.17, 15) is 18.0 Å². The minimum atomic E-state index is -4.41. The van der Waals surface area contributed by atoms with Gasteiger partial charge in [-0.25, -0.2) is 0 Å². The maximum absolute atomic E-state index is 12.9. The van der Waals surface area contributed by atoms with Gasteiger partial charge in [0.15, 0.2) is 11.0 Å². The summed E-state index contributed by atoms with van der Waals surface area (Å²) >= 11 is 7.01. The van der Waals surface area contributed by atoms with E-state index in [0.29, 0.717) is 21.3 Å². The van der Waals surface area contributed by atoms with Crippen molar-refractivity contribution in [2.45, 2.75) is 49.5 Å². The molecule has 29 heavy (non-hydrogen) atoms. The van der Waals surface area contributed by atoms with Crippen LogP contribution in [0.3, 0.4) is 0 Å². The van der Waals surface area contributed by atoms with Crippen LogP contribution in [0.4, 0.5) is 13.2 Å². The number of hydrogen-bond acceptors (Lipinski definition) is 4. The van der Waals surface area contributed by atoms with Gasteiger partial charge in [0.1, 0.15) is 5.75 Å². The highest BCUT2D eigenvalue weighted by molar-refractivity contribution is 7.98. The van der Waals surface area contributed by atoms with Crippen molar-refractivity contribution in [3.63, 3.8) is 0 Å². The van der Waals surface area contributed by atoms with Gasteiger partial charge in [0.05, 0.1) is 23.1 Å². The molecule has 1 fully saturated rings. The molecule has 1 aromatic heterocycles. The van der Waals surface area contributed by atoms with Gasteiger partial charge < -0.3 is 14.5 Å². The Morgan fingerprint density at radius 2 is 2.00 bits per heavy atom. The number of aromatic nitrogens is 1. The third-order valence-electron chi connectivity index (χ3n) is 4.68. The fourth-order valence-corrected chi connectivity index (χ4v) is 3.83. The molecule has 1 N–H and O–H groups in total. The maximum Gasteiger partial charge on any atom is 0.417 e. The molecule has 4 nitrogen and oxygen atoms in total. The number of para-hydroxylation sites is 1. The fourth-order valence-electron chi connectivity index (χ4n) is 3.00. The van der Waals surface area contributed by atoms with Crippen LogP contribution in [0.25, 0.3) is 0 Å². The highest BCUT2D eigenvalue weighted by atomic mass is 35.5. The van der Waals surface area contributed by atoms with Gasteiger partial charge in [0.2, 0.25) is 0 Å². The summed E-state index contributed by atoms with van der Waals surface area (Å²) in [4.78, 5) is 15.4. The fraction of sp³-hybridized carbons (Fsp3) is 0.450. The minimum absolute atomic E-state index is 0.105. The summed E-state index contributed by atoms with van der Waals surface area (Å²) in [6, 6.07) is 8.70. The van der Waals surface area contributed by atoms with E-state index in [4.69, 9.17) is 21.1 Å². The standard InChI is InChI=1S/C13H16F3NO2S.C7H7ClO/c1-7-11(20-3)9(18)6-8(17-7)10-4-5-12(2,19-10)13(14,15)16;1-9-7-5-3-2-4-6(7)8/h6,10H,4-5H2,1-3H3,(H,17,18);2-5H,1H3/t10?,12-;/m1./s1. The number of alkyl halides is 3. The number of benzene rings is 1. The lowest BCUT2D eigenvalue weighted by atomic mass is 10.0. The summed E-state index contributed by atoms with van der Waals surface area (Å²) in [5.41, 5.74) is -1.25. The molecule has 1 aliphatic heterocycles. The van der Waals surface area contributed by atoms with Crippen LogP contribution in [-0.4, -0.2) is 30.1 Å². The van der Waals surface area contributed by atoms with Crippen LogP contribution in [-0.2, 0) is 4.74 Å². The Labute approximate surface area is 176 Å². The maximum atomic E-state index is 12.9. The van der Waals surface area contributed by atoms with Gasteiger partial charge in [0.25, 0.3) is 0 Å². The van der Waals surface area contributed by atoms with Gasteiger partial charge >= 0.3 is 6.18 Å². The second-order valence-corrected chi connectivity index (χ2v) is 7.98. The molecule has 1 aliphatic rings. The third-order valence-corrected chi connectivity index (χ3v) is 5.90. The Bertz CT molecular complexity index is 903. The Morgan fingerprint density at radius 3 is 2.45 bits per heavy atom. The number of rotatable bonds is 3. The first kappa shape index (κ1) is 23.6. The normalized spacial score (nSPS) is 21.4. The molecular formula is C20H23ClF3NO3S. The van der Waals surface area contributed by atoms with E-state index in [0.717, 1.165) is 12.7 Å². The molecule has 3 rings (SSSR count). The summed E-state index contributed by atoms with van der Waals surface area (Å²) < 4.78 is 48.8. The smallest absolute Gasteiger partial charge is 0.417 e. The molecule has 0 radical (unpaired) electrons. The molecule has 0 amide bonds. The van der Waals surface area contributed by atoms with Crippen LogP contribution in [0.2, 0.25) is 5.02 Å². The van der Waals surface area contributed by atoms with E-state index in [1.807, 2.05) is 18.2 Å². The van der Waals surface area contributed by atoms with Gasteiger partial charge in [-0.05, 0) is 45.1 Å². The number of thioether (sulfide) groups is 1. The average Bonchev–Trinajstić information content (AvgIpc) is 3.06. The first-order chi connectivity index (χ1) is 13.5.